The number of aliphatic hydroxyl groups is 1. The maximum absolute atomic E-state index is 9.50. The Hall–Kier alpha value is -0.380. The molecule has 1 fully saturated rings. The first-order chi connectivity index (χ1) is 8.15. The minimum absolute atomic E-state index is 0.0777. The highest BCUT2D eigenvalue weighted by Crippen LogP contribution is 2.17. The molecule has 0 bridgehead atoms. The van der Waals surface area contributed by atoms with E-state index in [9.17, 15) is 5.11 Å². The number of hydrogen-bond acceptors (Lipinski definition) is 2. The first-order valence-electron chi connectivity index (χ1n) is 6.31. The van der Waals surface area contributed by atoms with Crippen LogP contribution in [0.4, 0.5) is 0 Å². The summed E-state index contributed by atoms with van der Waals surface area (Å²) in [6, 6.07) is 9.12. The van der Waals surface area contributed by atoms with Crippen molar-refractivity contribution < 1.29 is 5.11 Å². The molecule has 1 aromatic carbocycles. The van der Waals surface area contributed by atoms with Crippen molar-refractivity contribution in [3.05, 3.63) is 34.3 Å². The van der Waals surface area contributed by atoms with Gasteiger partial charge in [0.25, 0.3) is 0 Å². The lowest BCUT2D eigenvalue weighted by molar-refractivity contribution is 0.0648. The Bertz CT molecular complexity index is 344. The molecule has 3 heteroatoms. The number of hydrogen-bond donors (Lipinski definition) is 1. The maximum atomic E-state index is 9.50. The Morgan fingerprint density at radius 2 is 1.88 bits per heavy atom. The summed E-state index contributed by atoms with van der Waals surface area (Å²) >= 11 is 3.46. The van der Waals surface area contributed by atoms with Gasteiger partial charge < -0.3 is 10.0 Å². The summed E-state index contributed by atoms with van der Waals surface area (Å²) in [5.41, 5.74) is 1.38. The van der Waals surface area contributed by atoms with Crippen LogP contribution in [0.25, 0.3) is 0 Å². The lowest BCUT2D eigenvalue weighted by Gasteiger charge is -2.34. The minimum atomic E-state index is -0.0777. The van der Waals surface area contributed by atoms with Gasteiger partial charge in [-0.05, 0) is 43.9 Å². The van der Waals surface area contributed by atoms with Gasteiger partial charge in [0.05, 0.1) is 6.10 Å². The van der Waals surface area contributed by atoms with E-state index in [1.165, 1.54) is 5.56 Å². The van der Waals surface area contributed by atoms with Gasteiger partial charge in [-0.25, -0.2) is 0 Å². The zero-order chi connectivity index (χ0) is 12.3. The van der Waals surface area contributed by atoms with E-state index in [-0.39, 0.29) is 6.10 Å². The third-order valence-electron chi connectivity index (χ3n) is 3.57. The number of piperidine rings is 1. The summed E-state index contributed by atoms with van der Waals surface area (Å²) in [5.74, 6) is 0. The Balaban J connectivity index is 1.88. The van der Waals surface area contributed by atoms with Gasteiger partial charge in [-0.1, -0.05) is 28.1 Å². The van der Waals surface area contributed by atoms with E-state index in [0.717, 1.165) is 36.8 Å². The first kappa shape index (κ1) is 13.1. The molecule has 0 aliphatic carbocycles. The van der Waals surface area contributed by atoms with Gasteiger partial charge in [-0.2, -0.15) is 0 Å². The minimum Gasteiger partial charge on any atom is -0.393 e. The van der Waals surface area contributed by atoms with E-state index in [4.69, 9.17) is 0 Å². The van der Waals surface area contributed by atoms with Crippen LogP contribution in [0, 0.1) is 0 Å². The summed E-state index contributed by atoms with van der Waals surface area (Å²) in [6.07, 6.45) is 2.85. The second kappa shape index (κ2) is 5.98. The summed E-state index contributed by atoms with van der Waals surface area (Å²) in [5, 5.41) is 9.50. The van der Waals surface area contributed by atoms with Crippen LogP contribution in [0.2, 0.25) is 0 Å². The van der Waals surface area contributed by atoms with Crippen LogP contribution in [-0.4, -0.2) is 35.2 Å². The SMILES string of the molecule is C[C@@H](Cc1ccc(Br)cc1)N1CCC(O)CC1. The standard InChI is InChI=1S/C14H20BrNO/c1-11(16-8-6-14(17)7-9-16)10-12-2-4-13(15)5-3-12/h2-5,11,14,17H,6-10H2,1H3/t11-/m0/s1. The van der Waals surface area contributed by atoms with Crippen LogP contribution in [0.3, 0.4) is 0 Å². The van der Waals surface area contributed by atoms with Gasteiger partial charge in [0.15, 0.2) is 0 Å². The highest BCUT2D eigenvalue weighted by Gasteiger charge is 2.21. The number of likely N-dealkylation sites (tertiary alicyclic amines) is 1. The average Bonchev–Trinajstić information content (AvgIpc) is 2.33. The molecule has 1 atom stereocenters. The first-order valence-corrected chi connectivity index (χ1v) is 7.11. The fourth-order valence-electron chi connectivity index (χ4n) is 2.42. The van der Waals surface area contributed by atoms with Gasteiger partial charge in [-0.3, -0.25) is 0 Å². The number of nitrogens with zero attached hydrogens (tertiary/aromatic N) is 1. The van der Waals surface area contributed by atoms with E-state index < -0.39 is 0 Å². The molecule has 0 amide bonds. The van der Waals surface area contributed by atoms with Crippen molar-refractivity contribution in [2.45, 2.75) is 38.3 Å². The van der Waals surface area contributed by atoms with Crippen molar-refractivity contribution in [2.75, 3.05) is 13.1 Å². The van der Waals surface area contributed by atoms with Crippen LogP contribution >= 0.6 is 15.9 Å². The maximum Gasteiger partial charge on any atom is 0.0564 e. The Labute approximate surface area is 112 Å². The second-order valence-corrected chi connectivity index (χ2v) is 5.86. The second-order valence-electron chi connectivity index (χ2n) is 4.95. The summed E-state index contributed by atoms with van der Waals surface area (Å²) < 4.78 is 1.13. The highest BCUT2D eigenvalue weighted by molar-refractivity contribution is 9.10. The Morgan fingerprint density at radius 1 is 1.29 bits per heavy atom. The average molecular weight is 298 g/mol. The fourth-order valence-corrected chi connectivity index (χ4v) is 2.68. The Kier molecular flexibility index (Phi) is 4.60. The van der Waals surface area contributed by atoms with E-state index in [0.29, 0.717) is 6.04 Å². The summed E-state index contributed by atoms with van der Waals surface area (Å²) in [7, 11) is 0. The smallest absolute Gasteiger partial charge is 0.0564 e. The van der Waals surface area contributed by atoms with Crippen LogP contribution in [0.5, 0.6) is 0 Å². The normalized spacial score (nSPS) is 20.4. The molecule has 1 aliphatic rings. The van der Waals surface area contributed by atoms with Gasteiger partial charge >= 0.3 is 0 Å². The molecule has 0 aromatic heterocycles. The molecular formula is C14H20BrNO. The Morgan fingerprint density at radius 3 is 2.47 bits per heavy atom. The molecular weight excluding hydrogens is 278 g/mol. The molecule has 1 aromatic rings. The van der Waals surface area contributed by atoms with Gasteiger partial charge in [0.1, 0.15) is 0 Å². The molecule has 1 saturated heterocycles. The van der Waals surface area contributed by atoms with Crippen LogP contribution in [-0.2, 0) is 6.42 Å². The lowest BCUT2D eigenvalue weighted by Crippen LogP contribution is -2.42. The third kappa shape index (κ3) is 3.80. The molecule has 2 rings (SSSR count). The van der Waals surface area contributed by atoms with Crippen molar-refractivity contribution in [3.63, 3.8) is 0 Å². The molecule has 0 saturated carbocycles. The lowest BCUT2D eigenvalue weighted by atomic mass is 10.0. The summed E-state index contributed by atoms with van der Waals surface area (Å²) in [6.45, 7) is 4.33. The van der Waals surface area contributed by atoms with Crippen molar-refractivity contribution in [1.29, 1.82) is 0 Å². The van der Waals surface area contributed by atoms with Gasteiger partial charge in [0, 0.05) is 23.6 Å². The molecule has 94 valence electrons. The van der Waals surface area contributed by atoms with Crippen molar-refractivity contribution in [3.8, 4) is 0 Å². The summed E-state index contributed by atoms with van der Waals surface area (Å²) in [4.78, 5) is 2.48. The topological polar surface area (TPSA) is 23.5 Å². The van der Waals surface area contributed by atoms with Gasteiger partial charge in [-0.15, -0.1) is 0 Å². The molecule has 17 heavy (non-hydrogen) atoms. The fraction of sp³-hybridized carbons (Fsp3) is 0.571. The molecule has 1 aliphatic heterocycles. The monoisotopic (exact) mass is 297 g/mol. The quantitative estimate of drug-likeness (QED) is 0.927. The molecule has 0 unspecified atom stereocenters. The van der Waals surface area contributed by atoms with E-state index in [1.54, 1.807) is 0 Å². The van der Waals surface area contributed by atoms with Crippen LogP contribution < -0.4 is 0 Å². The van der Waals surface area contributed by atoms with Crippen molar-refractivity contribution in [1.82, 2.24) is 4.90 Å². The zero-order valence-corrected chi connectivity index (χ0v) is 11.9. The number of aliphatic hydroxyl groups excluding tert-OH is 1. The predicted octanol–water partition coefficient (Wildman–Crippen LogP) is 2.84. The van der Waals surface area contributed by atoms with Crippen LogP contribution in [0.1, 0.15) is 25.3 Å². The highest BCUT2D eigenvalue weighted by atomic mass is 79.9. The predicted molar refractivity (Wildman–Crippen MR) is 74.1 cm³/mol. The number of rotatable bonds is 3. The number of halogens is 1. The molecule has 0 spiro atoms. The molecule has 0 radical (unpaired) electrons. The number of benzene rings is 1. The third-order valence-corrected chi connectivity index (χ3v) is 4.10. The zero-order valence-electron chi connectivity index (χ0n) is 10.3. The largest absolute Gasteiger partial charge is 0.393 e. The molecule has 2 nitrogen and oxygen atoms in total. The van der Waals surface area contributed by atoms with E-state index >= 15 is 0 Å². The molecule has 1 N–H and O–H groups in total. The van der Waals surface area contributed by atoms with Crippen molar-refractivity contribution >= 4 is 15.9 Å². The van der Waals surface area contributed by atoms with E-state index in [2.05, 4.69) is 52.0 Å². The van der Waals surface area contributed by atoms with Crippen LogP contribution in [0.15, 0.2) is 28.7 Å². The van der Waals surface area contributed by atoms with E-state index in [1.807, 2.05) is 0 Å². The molecule has 1 heterocycles. The van der Waals surface area contributed by atoms with Gasteiger partial charge in [0.2, 0.25) is 0 Å². The van der Waals surface area contributed by atoms with Crippen molar-refractivity contribution in [2.24, 2.45) is 0 Å².